The minimum Gasteiger partial charge on any atom is -0.444 e. The zero-order valence-electron chi connectivity index (χ0n) is 16.6. The predicted molar refractivity (Wildman–Crippen MR) is 96.5 cm³/mol. The number of nitrogens with zero attached hydrogens (tertiary/aromatic N) is 2. The SMILES string of the molecule is CC(C)(C)OC(=O)N1CCC([C@@H]2CCCN2C(=O)OC(C)(C)C)CC1. The fourth-order valence-electron chi connectivity index (χ4n) is 3.62. The van der Waals surface area contributed by atoms with E-state index in [0.717, 1.165) is 32.2 Å². The second-order valence-electron chi connectivity index (χ2n) is 9.19. The van der Waals surface area contributed by atoms with Crippen LogP contribution >= 0.6 is 0 Å². The molecule has 2 fully saturated rings. The Kier molecular flexibility index (Phi) is 5.89. The van der Waals surface area contributed by atoms with Crippen LogP contribution in [0.3, 0.4) is 0 Å². The second-order valence-corrected chi connectivity index (χ2v) is 9.19. The van der Waals surface area contributed by atoms with Gasteiger partial charge in [-0.15, -0.1) is 0 Å². The molecule has 0 aromatic heterocycles. The monoisotopic (exact) mass is 354 g/mol. The number of hydrogen-bond acceptors (Lipinski definition) is 4. The van der Waals surface area contributed by atoms with Crippen molar-refractivity contribution in [1.82, 2.24) is 9.80 Å². The minimum atomic E-state index is -0.468. The molecule has 0 aliphatic carbocycles. The van der Waals surface area contributed by atoms with E-state index in [1.807, 2.05) is 46.4 Å². The summed E-state index contributed by atoms with van der Waals surface area (Å²) in [6.45, 7) is 13.5. The number of carbonyl (C=O) groups is 2. The van der Waals surface area contributed by atoms with Crippen molar-refractivity contribution >= 4 is 12.2 Å². The van der Waals surface area contributed by atoms with Crippen LogP contribution in [0.4, 0.5) is 9.59 Å². The molecule has 6 nitrogen and oxygen atoms in total. The molecule has 0 aromatic rings. The van der Waals surface area contributed by atoms with Crippen LogP contribution in [0.1, 0.15) is 67.2 Å². The average molecular weight is 354 g/mol. The van der Waals surface area contributed by atoms with E-state index in [1.165, 1.54) is 0 Å². The van der Waals surface area contributed by atoms with E-state index in [4.69, 9.17) is 9.47 Å². The molecule has 0 unspecified atom stereocenters. The van der Waals surface area contributed by atoms with E-state index >= 15 is 0 Å². The minimum absolute atomic E-state index is 0.204. The van der Waals surface area contributed by atoms with Gasteiger partial charge >= 0.3 is 12.2 Å². The third kappa shape index (κ3) is 5.79. The summed E-state index contributed by atoms with van der Waals surface area (Å²) in [4.78, 5) is 28.3. The van der Waals surface area contributed by atoms with Crippen molar-refractivity contribution in [2.24, 2.45) is 5.92 Å². The molecule has 25 heavy (non-hydrogen) atoms. The third-order valence-corrected chi connectivity index (χ3v) is 4.66. The highest BCUT2D eigenvalue weighted by Crippen LogP contribution is 2.32. The molecule has 0 spiro atoms. The summed E-state index contributed by atoms with van der Waals surface area (Å²) in [7, 11) is 0. The number of hydrogen-bond donors (Lipinski definition) is 0. The van der Waals surface area contributed by atoms with E-state index in [-0.39, 0.29) is 18.2 Å². The molecule has 0 bridgehead atoms. The van der Waals surface area contributed by atoms with Crippen LogP contribution in [-0.2, 0) is 9.47 Å². The maximum Gasteiger partial charge on any atom is 0.410 e. The molecule has 2 aliphatic rings. The maximum absolute atomic E-state index is 12.5. The quantitative estimate of drug-likeness (QED) is 0.713. The van der Waals surface area contributed by atoms with Gasteiger partial charge in [-0.05, 0) is 73.1 Å². The summed E-state index contributed by atoms with van der Waals surface area (Å²) in [5.74, 6) is 0.425. The molecule has 0 N–H and O–H groups in total. The van der Waals surface area contributed by atoms with Crippen LogP contribution in [-0.4, -0.2) is 58.9 Å². The molecule has 6 heteroatoms. The van der Waals surface area contributed by atoms with Gasteiger partial charge in [-0.2, -0.15) is 0 Å². The third-order valence-electron chi connectivity index (χ3n) is 4.66. The molecule has 0 saturated carbocycles. The summed E-state index contributed by atoms with van der Waals surface area (Å²) in [5.41, 5.74) is -0.933. The first-order valence-electron chi connectivity index (χ1n) is 9.44. The van der Waals surface area contributed by atoms with Crippen molar-refractivity contribution in [2.75, 3.05) is 19.6 Å². The van der Waals surface area contributed by atoms with E-state index in [2.05, 4.69) is 0 Å². The fourth-order valence-corrected chi connectivity index (χ4v) is 3.62. The van der Waals surface area contributed by atoms with Crippen LogP contribution in [0.25, 0.3) is 0 Å². The van der Waals surface area contributed by atoms with Crippen molar-refractivity contribution in [2.45, 2.75) is 84.5 Å². The van der Waals surface area contributed by atoms with Crippen LogP contribution in [0.15, 0.2) is 0 Å². The van der Waals surface area contributed by atoms with Crippen LogP contribution in [0.5, 0.6) is 0 Å². The van der Waals surface area contributed by atoms with Gasteiger partial charge in [-0.3, -0.25) is 0 Å². The lowest BCUT2D eigenvalue weighted by atomic mass is 9.88. The van der Waals surface area contributed by atoms with Gasteiger partial charge in [0.1, 0.15) is 11.2 Å². The zero-order valence-corrected chi connectivity index (χ0v) is 16.6. The topological polar surface area (TPSA) is 59.1 Å². The Morgan fingerprint density at radius 2 is 1.32 bits per heavy atom. The van der Waals surface area contributed by atoms with Crippen LogP contribution < -0.4 is 0 Å². The summed E-state index contributed by atoms with van der Waals surface area (Å²) < 4.78 is 11.0. The Bertz CT molecular complexity index is 485. The first-order valence-corrected chi connectivity index (χ1v) is 9.44. The van der Waals surface area contributed by atoms with Gasteiger partial charge < -0.3 is 19.3 Å². The standard InChI is InChI=1S/C19H34N2O4/c1-18(2,3)24-16(22)20-12-9-14(10-13-20)15-8-7-11-21(15)17(23)25-19(4,5)6/h14-15H,7-13H2,1-6H3/t15-/m0/s1. The Hall–Kier alpha value is -1.46. The first kappa shape index (κ1) is 19.9. The van der Waals surface area contributed by atoms with Gasteiger partial charge in [0.2, 0.25) is 0 Å². The van der Waals surface area contributed by atoms with Crippen molar-refractivity contribution in [3.63, 3.8) is 0 Å². The molecule has 0 aromatic carbocycles. The molecular weight excluding hydrogens is 320 g/mol. The highest BCUT2D eigenvalue weighted by Gasteiger charge is 2.39. The molecule has 2 heterocycles. The van der Waals surface area contributed by atoms with E-state index in [0.29, 0.717) is 19.0 Å². The molecule has 1 atom stereocenters. The molecule has 2 saturated heterocycles. The molecule has 2 amide bonds. The fraction of sp³-hybridized carbons (Fsp3) is 0.895. The summed E-state index contributed by atoms with van der Waals surface area (Å²) in [6.07, 6.45) is 3.42. The highest BCUT2D eigenvalue weighted by molar-refractivity contribution is 5.69. The number of likely N-dealkylation sites (tertiary alicyclic amines) is 2. The number of carbonyl (C=O) groups excluding carboxylic acids is 2. The first-order chi connectivity index (χ1) is 11.5. The number of rotatable bonds is 1. The Labute approximate surface area is 151 Å². The molecular formula is C19H34N2O4. The smallest absolute Gasteiger partial charge is 0.410 e. The van der Waals surface area contributed by atoms with Gasteiger partial charge in [0, 0.05) is 25.7 Å². The van der Waals surface area contributed by atoms with Gasteiger partial charge in [0.05, 0.1) is 0 Å². The van der Waals surface area contributed by atoms with Gasteiger partial charge in [0.15, 0.2) is 0 Å². The van der Waals surface area contributed by atoms with Gasteiger partial charge in [-0.1, -0.05) is 0 Å². The number of amides is 2. The lowest BCUT2D eigenvalue weighted by molar-refractivity contribution is 0.00422. The van der Waals surface area contributed by atoms with Gasteiger partial charge in [-0.25, -0.2) is 9.59 Å². The summed E-state index contributed by atoms with van der Waals surface area (Å²) in [5, 5.41) is 0. The number of piperidine rings is 1. The van der Waals surface area contributed by atoms with Crippen LogP contribution in [0, 0.1) is 5.92 Å². The maximum atomic E-state index is 12.5. The lowest BCUT2D eigenvalue weighted by Crippen LogP contribution is -2.48. The van der Waals surface area contributed by atoms with E-state index < -0.39 is 11.2 Å². The normalized spacial score (nSPS) is 22.9. The van der Waals surface area contributed by atoms with E-state index in [9.17, 15) is 9.59 Å². The molecule has 2 aliphatic heterocycles. The molecule has 144 valence electrons. The lowest BCUT2D eigenvalue weighted by Gasteiger charge is -2.38. The van der Waals surface area contributed by atoms with Gasteiger partial charge in [0.25, 0.3) is 0 Å². The Morgan fingerprint density at radius 1 is 0.800 bits per heavy atom. The highest BCUT2D eigenvalue weighted by atomic mass is 16.6. The average Bonchev–Trinajstić information content (AvgIpc) is 2.93. The van der Waals surface area contributed by atoms with Crippen molar-refractivity contribution in [3.05, 3.63) is 0 Å². The van der Waals surface area contributed by atoms with Crippen molar-refractivity contribution in [3.8, 4) is 0 Å². The second kappa shape index (κ2) is 7.42. The predicted octanol–water partition coefficient (Wildman–Crippen LogP) is 4.03. The molecule has 2 rings (SSSR count). The summed E-state index contributed by atoms with van der Waals surface area (Å²) in [6, 6.07) is 0.232. The van der Waals surface area contributed by atoms with Crippen molar-refractivity contribution < 1.29 is 19.1 Å². The van der Waals surface area contributed by atoms with Crippen LogP contribution in [0.2, 0.25) is 0 Å². The molecule has 0 radical (unpaired) electrons. The Morgan fingerprint density at radius 3 is 1.84 bits per heavy atom. The largest absolute Gasteiger partial charge is 0.444 e. The van der Waals surface area contributed by atoms with E-state index in [1.54, 1.807) is 4.90 Å². The Balaban J connectivity index is 1.89. The van der Waals surface area contributed by atoms with Crippen molar-refractivity contribution in [1.29, 1.82) is 0 Å². The summed E-state index contributed by atoms with van der Waals surface area (Å²) >= 11 is 0. The number of ether oxygens (including phenoxy) is 2. The zero-order chi connectivity index (χ0) is 18.8.